The molecular weight excluding hydrogens is 400 g/mol. The summed E-state index contributed by atoms with van der Waals surface area (Å²) in [6.07, 6.45) is 0. The molecule has 3 rings (SSSR count). The Bertz CT molecular complexity index is 1030. The molecule has 0 aliphatic carbocycles. The smallest absolute Gasteiger partial charge is 0.250 e. The van der Waals surface area contributed by atoms with Gasteiger partial charge in [0.15, 0.2) is 0 Å². The molecule has 2 aromatic heterocycles. The van der Waals surface area contributed by atoms with Crippen LogP contribution in [0.25, 0.3) is 10.6 Å². The third-order valence-electron chi connectivity index (χ3n) is 4.00. The van der Waals surface area contributed by atoms with E-state index in [4.69, 9.17) is 4.74 Å². The standard InChI is InChI=1S/C19H22N2O3S3/c1-19(2,3)16-12-26-18(21-16)14-9-17(25-11-14)27(22,23)20-10-13-7-5-6-8-15(13)24-4/h5-9,11-12,20H,10H2,1-4H3. The van der Waals surface area contributed by atoms with Gasteiger partial charge in [0.2, 0.25) is 10.0 Å². The highest BCUT2D eigenvalue weighted by Crippen LogP contribution is 2.33. The van der Waals surface area contributed by atoms with Gasteiger partial charge in [-0.2, -0.15) is 0 Å². The van der Waals surface area contributed by atoms with E-state index < -0.39 is 10.0 Å². The van der Waals surface area contributed by atoms with E-state index in [9.17, 15) is 8.42 Å². The van der Waals surface area contributed by atoms with Crippen molar-refractivity contribution in [2.45, 2.75) is 36.9 Å². The Labute approximate surface area is 168 Å². The van der Waals surface area contributed by atoms with Crippen molar-refractivity contribution in [3.63, 3.8) is 0 Å². The van der Waals surface area contributed by atoms with Gasteiger partial charge in [0, 0.05) is 33.8 Å². The third-order valence-corrected chi connectivity index (χ3v) is 7.74. The summed E-state index contributed by atoms with van der Waals surface area (Å²) >= 11 is 2.73. The highest BCUT2D eigenvalue weighted by Gasteiger charge is 2.21. The maximum Gasteiger partial charge on any atom is 0.250 e. The fourth-order valence-corrected chi connectivity index (χ4v) is 5.74. The van der Waals surface area contributed by atoms with E-state index >= 15 is 0 Å². The number of thiazole rings is 1. The minimum atomic E-state index is -3.60. The molecule has 0 atom stereocenters. The van der Waals surface area contributed by atoms with Gasteiger partial charge in [0.1, 0.15) is 15.0 Å². The van der Waals surface area contributed by atoms with Gasteiger partial charge in [-0.05, 0) is 12.1 Å². The molecule has 0 radical (unpaired) electrons. The van der Waals surface area contributed by atoms with E-state index in [-0.39, 0.29) is 16.2 Å². The van der Waals surface area contributed by atoms with Crippen molar-refractivity contribution in [3.05, 3.63) is 52.3 Å². The quantitative estimate of drug-likeness (QED) is 0.627. The summed E-state index contributed by atoms with van der Waals surface area (Å²) in [6, 6.07) is 9.03. The Morgan fingerprint density at radius 2 is 1.89 bits per heavy atom. The molecule has 2 heterocycles. The lowest BCUT2D eigenvalue weighted by Gasteiger charge is -2.14. The van der Waals surface area contributed by atoms with E-state index in [2.05, 4.69) is 30.5 Å². The van der Waals surface area contributed by atoms with Crippen LogP contribution < -0.4 is 9.46 Å². The van der Waals surface area contributed by atoms with Crippen molar-refractivity contribution < 1.29 is 13.2 Å². The zero-order valence-corrected chi connectivity index (χ0v) is 18.1. The highest BCUT2D eigenvalue weighted by atomic mass is 32.2. The summed E-state index contributed by atoms with van der Waals surface area (Å²) in [6.45, 7) is 6.50. The average molecular weight is 423 g/mol. The van der Waals surface area contributed by atoms with Gasteiger partial charge in [-0.3, -0.25) is 0 Å². The number of methoxy groups -OCH3 is 1. The van der Waals surface area contributed by atoms with Crippen LogP contribution in [0.1, 0.15) is 32.0 Å². The SMILES string of the molecule is COc1ccccc1CNS(=O)(=O)c1cc(-c2nc(C(C)(C)C)cs2)cs1. The van der Waals surface area contributed by atoms with Crippen LogP contribution in [0.2, 0.25) is 0 Å². The second kappa shape index (κ2) is 7.71. The number of ether oxygens (including phenoxy) is 1. The van der Waals surface area contributed by atoms with Crippen molar-refractivity contribution in [1.29, 1.82) is 0 Å². The van der Waals surface area contributed by atoms with Crippen molar-refractivity contribution in [2.24, 2.45) is 0 Å². The molecule has 0 bridgehead atoms. The van der Waals surface area contributed by atoms with Crippen LogP contribution in [-0.2, 0) is 22.0 Å². The van der Waals surface area contributed by atoms with Crippen LogP contribution in [0.5, 0.6) is 5.75 Å². The van der Waals surface area contributed by atoms with Gasteiger partial charge < -0.3 is 4.74 Å². The number of thiophene rings is 1. The molecule has 0 unspecified atom stereocenters. The molecule has 1 aromatic carbocycles. The van der Waals surface area contributed by atoms with Gasteiger partial charge in [0.25, 0.3) is 0 Å². The number of aromatic nitrogens is 1. The third kappa shape index (κ3) is 4.57. The number of benzene rings is 1. The normalized spacial score (nSPS) is 12.3. The van der Waals surface area contributed by atoms with Crippen LogP contribution >= 0.6 is 22.7 Å². The van der Waals surface area contributed by atoms with Gasteiger partial charge >= 0.3 is 0 Å². The predicted octanol–water partition coefficient (Wildman–Crippen LogP) is 4.66. The summed E-state index contributed by atoms with van der Waals surface area (Å²) in [7, 11) is -2.03. The minimum Gasteiger partial charge on any atom is -0.496 e. The van der Waals surface area contributed by atoms with Gasteiger partial charge in [-0.25, -0.2) is 18.1 Å². The summed E-state index contributed by atoms with van der Waals surface area (Å²) < 4.78 is 33.5. The molecule has 3 aromatic rings. The van der Waals surface area contributed by atoms with Crippen LogP contribution in [0.3, 0.4) is 0 Å². The molecule has 27 heavy (non-hydrogen) atoms. The van der Waals surface area contributed by atoms with E-state index in [1.807, 2.05) is 35.0 Å². The predicted molar refractivity (Wildman–Crippen MR) is 111 cm³/mol. The van der Waals surface area contributed by atoms with E-state index in [0.717, 1.165) is 21.8 Å². The fourth-order valence-electron chi connectivity index (χ4n) is 2.41. The zero-order chi connectivity index (χ0) is 19.7. The molecule has 0 saturated carbocycles. The maximum absolute atomic E-state index is 12.7. The van der Waals surface area contributed by atoms with Crippen molar-refractivity contribution in [1.82, 2.24) is 9.71 Å². The van der Waals surface area contributed by atoms with Crippen molar-refractivity contribution >= 4 is 32.7 Å². The number of para-hydroxylation sites is 1. The Morgan fingerprint density at radius 3 is 2.56 bits per heavy atom. The van der Waals surface area contributed by atoms with E-state index in [0.29, 0.717) is 5.75 Å². The molecule has 0 saturated heterocycles. The number of sulfonamides is 1. The van der Waals surface area contributed by atoms with Gasteiger partial charge in [0.05, 0.1) is 12.8 Å². The summed E-state index contributed by atoms with van der Waals surface area (Å²) in [5.41, 5.74) is 2.59. The molecular formula is C19H22N2O3S3. The summed E-state index contributed by atoms with van der Waals surface area (Å²) in [5, 5.41) is 4.70. The maximum atomic E-state index is 12.7. The van der Waals surface area contributed by atoms with Gasteiger partial charge in [-0.1, -0.05) is 39.0 Å². The number of nitrogens with one attached hydrogen (secondary N) is 1. The molecule has 8 heteroatoms. The number of hydrogen-bond donors (Lipinski definition) is 1. The molecule has 144 valence electrons. The van der Waals surface area contributed by atoms with E-state index in [1.54, 1.807) is 13.2 Å². The average Bonchev–Trinajstić information content (AvgIpc) is 3.29. The van der Waals surface area contributed by atoms with Crippen LogP contribution in [0.15, 0.2) is 45.3 Å². The number of hydrogen-bond acceptors (Lipinski definition) is 6. The first-order chi connectivity index (χ1) is 12.7. The number of rotatable bonds is 6. The molecule has 0 spiro atoms. The zero-order valence-electron chi connectivity index (χ0n) is 15.6. The topological polar surface area (TPSA) is 68.3 Å². The molecule has 0 amide bonds. The first-order valence-electron chi connectivity index (χ1n) is 8.37. The molecule has 0 aliphatic rings. The lowest BCUT2D eigenvalue weighted by molar-refractivity contribution is 0.409. The van der Waals surface area contributed by atoms with Crippen molar-refractivity contribution in [3.8, 4) is 16.3 Å². The second-order valence-corrected chi connectivity index (χ2v) is 10.8. The lowest BCUT2D eigenvalue weighted by Crippen LogP contribution is -2.22. The number of nitrogens with zero attached hydrogens (tertiary/aromatic N) is 1. The molecule has 0 fully saturated rings. The Morgan fingerprint density at radius 1 is 1.15 bits per heavy atom. The van der Waals surface area contributed by atoms with Crippen LogP contribution in [0, 0.1) is 0 Å². The van der Waals surface area contributed by atoms with Crippen LogP contribution in [0.4, 0.5) is 0 Å². The summed E-state index contributed by atoms with van der Waals surface area (Å²) in [5.74, 6) is 0.657. The monoisotopic (exact) mass is 422 g/mol. The molecule has 1 N–H and O–H groups in total. The minimum absolute atomic E-state index is 0.0318. The van der Waals surface area contributed by atoms with Crippen LogP contribution in [-0.4, -0.2) is 20.5 Å². The van der Waals surface area contributed by atoms with Crippen molar-refractivity contribution in [2.75, 3.05) is 7.11 Å². The second-order valence-electron chi connectivity index (χ2n) is 7.08. The molecule has 0 aliphatic heterocycles. The largest absolute Gasteiger partial charge is 0.496 e. The Balaban J connectivity index is 1.77. The fraction of sp³-hybridized carbons (Fsp3) is 0.316. The first kappa shape index (κ1) is 20.0. The summed E-state index contributed by atoms with van der Waals surface area (Å²) in [4.78, 5) is 4.66. The Kier molecular flexibility index (Phi) is 5.71. The van der Waals surface area contributed by atoms with E-state index in [1.165, 1.54) is 22.7 Å². The first-order valence-corrected chi connectivity index (χ1v) is 11.6. The van der Waals surface area contributed by atoms with Gasteiger partial charge in [-0.15, -0.1) is 22.7 Å². The lowest BCUT2D eigenvalue weighted by atomic mass is 9.93. The molecule has 5 nitrogen and oxygen atoms in total. The highest BCUT2D eigenvalue weighted by molar-refractivity contribution is 7.91. The Hall–Kier alpha value is -1.74.